The zero-order valence-electron chi connectivity index (χ0n) is 9.41. The number of phenolic OH excluding ortho intramolecular Hbond substituents is 1. The summed E-state index contributed by atoms with van der Waals surface area (Å²) < 4.78 is 7.02. The van der Waals surface area contributed by atoms with E-state index in [-0.39, 0.29) is 5.75 Å². The van der Waals surface area contributed by atoms with Crippen LogP contribution in [0.25, 0.3) is 5.69 Å². The van der Waals surface area contributed by atoms with E-state index in [0.717, 1.165) is 6.42 Å². The number of phenols is 1. The maximum Gasteiger partial charge on any atom is 0.157 e. The lowest BCUT2D eigenvalue weighted by Crippen LogP contribution is -2.05. The van der Waals surface area contributed by atoms with Crippen LogP contribution in [-0.4, -0.2) is 28.0 Å². The quantitative estimate of drug-likeness (QED) is 0.763. The molecule has 0 spiro atoms. The van der Waals surface area contributed by atoms with E-state index in [9.17, 15) is 5.11 Å². The third kappa shape index (κ3) is 2.76. The van der Waals surface area contributed by atoms with Gasteiger partial charge >= 0.3 is 0 Å². The number of hydrogen-bond donors (Lipinski definition) is 2. The van der Waals surface area contributed by atoms with Gasteiger partial charge in [-0.05, 0) is 25.1 Å². The van der Waals surface area contributed by atoms with Gasteiger partial charge in [0.2, 0.25) is 0 Å². The third-order valence-corrected chi connectivity index (χ3v) is 2.30. The van der Waals surface area contributed by atoms with Crippen LogP contribution < -0.4 is 10.5 Å². The normalized spacial score (nSPS) is 10.4. The van der Waals surface area contributed by atoms with Crippen LogP contribution in [0.1, 0.15) is 6.42 Å². The van der Waals surface area contributed by atoms with E-state index >= 15 is 0 Å². The number of hydrogen-bond acceptors (Lipinski definition) is 4. The second-order valence-electron chi connectivity index (χ2n) is 3.60. The molecule has 0 amide bonds. The molecule has 0 saturated carbocycles. The summed E-state index contributed by atoms with van der Waals surface area (Å²) in [4.78, 5) is 0. The van der Waals surface area contributed by atoms with E-state index in [2.05, 4.69) is 5.10 Å². The summed E-state index contributed by atoms with van der Waals surface area (Å²) >= 11 is 0. The monoisotopic (exact) mass is 233 g/mol. The van der Waals surface area contributed by atoms with E-state index in [0.29, 0.717) is 24.6 Å². The van der Waals surface area contributed by atoms with Gasteiger partial charge in [-0.25, -0.2) is 4.68 Å². The number of benzene rings is 1. The van der Waals surface area contributed by atoms with E-state index in [1.165, 1.54) is 0 Å². The smallest absolute Gasteiger partial charge is 0.157 e. The molecule has 0 saturated heterocycles. The molecule has 1 heterocycles. The molecule has 90 valence electrons. The van der Waals surface area contributed by atoms with E-state index in [1.54, 1.807) is 35.3 Å². The maximum absolute atomic E-state index is 9.67. The van der Waals surface area contributed by atoms with Gasteiger partial charge in [-0.15, -0.1) is 0 Å². The Balaban J connectivity index is 2.10. The van der Waals surface area contributed by atoms with Crippen LogP contribution in [0.4, 0.5) is 0 Å². The Hall–Kier alpha value is -2.01. The topological polar surface area (TPSA) is 73.3 Å². The molecule has 5 heteroatoms. The van der Waals surface area contributed by atoms with Gasteiger partial charge < -0.3 is 15.6 Å². The minimum atomic E-state index is 0.184. The van der Waals surface area contributed by atoms with Crippen molar-refractivity contribution in [3.05, 3.63) is 36.7 Å². The number of rotatable bonds is 5. The minimum Gasteiger partial charge on any atom is -0.506 e. The lowest BCUT2D eigenvalue weighted by Gasteiger charge is -2.03. The van der Waals surface area contributed by atoms with Crippen LogP contribution in [0, 0.1) is 0 Å². The second kappa shape index (κ2) is 5.36. The molecule has 0 aliphatic heterocycles. The summed E-state index contributed by atoms with van der Waals surface area (Å²) in [7, 11) is 0. The highest BCUT2D eigenvalue weighted by molar-refractivity contribution is 5.45. The van der Waals surface area contributed by atoms with Crippen molar-refractivity contribution in [1.82, 2.24) is 9.78 Å². The van der Waals surface area contributed by atoms with Crippen molar-refractivity contribution in [2.24, 2.45) is 5.73 Å². The zero-order valence-corrected chi connectivity index (χ0v) is 9.41. The van der Waals surface area contributed by atoms with Gasteiger partial charge in [0.25, 0.3) is 0 Å². The zero-order chi connectivity index (χ0) is 12.1. The molecule has 1 aromatic heterocycles. The van der Waals surface area contributed by atoms with Crippen molar-refractivity contribution in [1.29, 1.82) is 0 Å². The van der Waals surface area contributed by atoms with Crippen LogP contribution in [0.15, 0.2) is 36.7 Å². The average molecular weight is 233 g/mol. The molecule has 17 heavy (non-hydrogen) atoms. The first kappa shape index (κ1) is 11.5. The van der Waals surface area contributed by atoms with Gasteiger partial charge in [0.1, 0.15) is 11.4 Å². The Bertz CT molecular complexity index is 482. The summed E-state index contributed by atoms with van der Waals surface area (Å²) in [6.45, 7) is 1.18. The van der Waals surface area contributed by atoms with Crippen molar-refractivity contribution in [3.63, 3.8) is 0 Å². The molecular weight excluding hydrogens is 218 g/mol. The predicted molar refractivity (Wildman–Crippen MR) is 64.4 cm³/mol. The molecule has 0 fully saturated rings. The average Bonchev–Trinajstić information content (AvgIpc) is 2.79. The standard InChI is InChI=1S/C12H15N3O2/c13-6-3-7-17-10-8-14-15(9-10)11-4-1-2-5-12(11)16/h1-2,4-5,8-9,16H,3,6-7,13H2. The maximum atomic E-state index is 9.67. The third-order valence-electron chi connectivity index (χ3n) is 2.30. The van der Waals surface area contributed by atoms with Gasteiger partial charge in [0, 0.05) is 0 Å². The van der Waals surface area contributed by atoms with Crippen LogP contribution in [0.2, 0.25) is 0 Å². The van der Waals surface area contributed by atoms with Crippen molar-refractivity contribution in [3.8, 4) is 17.2 Å². The molecule has 2 aromatic rings. The Morgan fingerprint density at radius 2 is 2.18 bits per heavy atom. The molecule has 0 atom stereocenters. The molecule has 2 rings (SSSR count). The number of aromatic nitrogens is 2. The van der Waals surface area contributed by atoms with Crippen molar-refractivity contribution >= 4 is 0 Å². The highest BCUT2D eigenvalue weighted by Crippen LogP contribution is 2.21. The molecule has 3 N–H and O–H groups in total. The van der Waals surface area contributed by atoms with Gasteiger partial charge in [-0.3, -0.25) is 0 Å². The number of para-hydroxylation sites is 2. The van der Waals surface area contributed by atoms with E-state index in [1.807, 2.05) is 6.07 Å². The van der Waals surface area contributed by atoms with Crippen LogP contribution in [-0.2, 0) is 0 Å². The fourth-order valence-electron chi connectivity index (χ4n) is 1.44. The lowest BCUT2D eigenvalue weighted by atomic mass is 10.3. The highest BCUT2D eigenvalue weighted by atomic mass is 16.5. The Kier molecular flexibility index (Phi) is 3.62. The summed E-state index contributed by atoms with van der Waals surface area (Å²) in [6.07, 6.45) is 4.15. The molecule has 5 nitrogen and oxygen atoms in total. The van der Waals surface area contributed by atoms with Crippen molar-refractivity contribution < 1.29 is 9.84 Å². The fraction of sp³-hybridized carbons (Fsp3) is 0.250. The largest absolute Gasteiger partial charge is 0.506 e. The van der Waals surface area contributed by atoms with Gasteiger partial charge in [-0.1, -0.05) is 12.1 Å². The Labute approximate surface area is 99.4 Å². The van der Waals surface area contributed by atoms with Gasteiger partial charge in [0.05, 0.1) is 19.0 Å². The first-order valence-corrected chi connectivity index (χ1v) is 5.47. The first-order chi connectivity index (χ1) is 8.31. The SMILES string of the molecule is NCCCOc1cnn(-c2ccccc2O)c1. The summed E-state index contributed by atoms with van der Waals surface area (Å²) in [5, 5.41) is 13.8. The molecule has 1 aromatic carbocycles. The van der Waals surface area contributed by atoms with Crippen molar-refractivity contribution in [2.75, 3.05) is 13.2 Å². The lowest BCUT2D eigenvalue weighted by molar-refractivity contribution is 0.313. The van der Waals surface area contributed by atoms with Crippen LogP contribution >= 0.6 is 0 Å². The van der Waals surface area contributed by atoms with E-state index < -0.39 is 0 Å². The molecule has 0 unspecified atom stereocenters. The minimum absolute atomic E-state index is 0.184. The fourth-order valence-corrected chi connectivity index (χ4v) is 1.44. The van der Waals surface area contributed by atoms with Crippen molar-refractivity contribution in [2.45, 2.75) is 6.42 Å². The Morgan fingerprint density at radius 1 is 1.35 bits per heavy atom. The summed E-state index contributed by atoms with van der Waals surface area (Å²) in [5.41, 5.74) is 6.00. The number of aromatic hydroxyl groups is 1. The second-order valence-corrected chi connectivity index (χ2v) is 3.60. The molecule has 0 radical (unpaired) electrons. The molecule has 0 aliphatic carbocycles. The number of nitrogens with zero attached hydrogens (tertiary/aromatic N) is 2. The number of ether oxygens (including phenoxy) is 1. The first-order valence-electron chi connectivity index (χ1n) is 5.47. The molecular formula is C12H15N3O2. The molecule has 0 bridgehead atoms. The van der Waals surface area contributed by atoms with E-state index in [4.69, 9.17) is 10.5 Å². The summed E-state index contributed by atoms with van der Waals surface area (Å²) in [6, 6.07) is 7.00. The predicted octanol–water partition coefficient (Wildman–Crippen LogP) is 1.31. The summed E-state index contributed by atoms with van der Waals surface area (Å²) in [5.74, 6) is 0.853. The number of nitrogens with two attached hydrogens (primary N) is 1. The molecule has 0 aliphatic rings. The van der Waals surface area contributed by atoms with Crippen LogP contribution in [0.5, 0.6) is 11.5 Å². The van der Waals surface area contributed by atoms with Gasteiger partial charge in [-0.2, -0.15) is 5.10 Å². The van der Waals surface area contributed by atoms with Gasteiger partial charge in [0.15, 0.2) is 5.75 Å². The Morgan fingerprint density at radius 3 is 2.94 bits per heavy atom. The van der Waals surface area contributed by atoms with Crippen LogP contribution in [0.3, 0.4) is 0 Å². The highest BCUT2D eigenvalue weighted by Gasteiger charge is 2.05.